The highest BCUT2D eigenvalue weighted by atomic mass is 16.6. The standard InChI is InChI=1S/C14H14N2O3/c1-15-14-11(6-5-9-13(14)16(17)18)10-19-12-7-3-2-4-8-12/h2-9,15H,10H2,1H3. The Bertz CT molecular complexity index is 570. The predicted octanol–water partition coefficient (Wildman–Crippen LogP) is 3.22. The first-order chi connectivity index (χ1) is 9.22. The Morgan fingerprint density at radius 1 is 1.16 bits per heavy atom. The lowest BCUT2D eigenvalue weighted by Crippen LogP contribution is -2.03. The molecule has 0 saturated heterocycles. The van der Waals surface area contributed by atoms with Crippen molar-refractivity contribution in [2.45, 2.75) is 6.61 Å². The van der Waals surface area contributed by atoms with Gasteiger partial charge in [0.25, 0.3) is 5.69 Å². The molecule has 0 spiro atoms. The van der Waals surface area contributed by atoms with Crippen molar-refractivity contribution in [2.75, 3.05) is 12.4 Å². The number of hydrogen-bond acceptors (Lipinski definition) is 4. The molecule has 0 radical (unpaired) electrons. The summed E-state index contributed by atoms with van der Waals surface area (Å²) >= 11 is 0. The van der Waals surface area contributed by atoms with Crippen LogP contribution in [-0.2, 0) is 6.61 Å². The summed E-state index contributed by atoms with van der Waals surface area (Å²) in [6.07, 6.45) is 0. The van der Waals surface area contributed by atoms with Gasteiger partial charge in [-0.15, -0.1) is 0 Å². The smallest absolute Gasteiger partial charge is 0.292 e. The van der Waals surface area contributed by atoms with Crippen molar-refractivity contribution < 1.29 is 9.66 Å². The molecule has 0 aliphatic carbocycles. The third-order valence-corrected chi connectivity index (χ3v) is 2.71. The summed E-state index contributed by atoms with van der Waals surface area (Å²) in [6.45, 7) is 0.280. The van der Waals surface area contributed by atoms with Crippen molar-refractivity contribution in [3.8, 4) is 5.75 Å². The highest BCUT2D eigenvalue weighted by Gasteiger charge is 2.16. The second kappa shape index (κ2) is 5.86. The number of anilines is 1. The van der Waals surface area contributed by atoms with Crippen LogP contribution in [0.4, 0.5) is 11.4 Å². The molecule has 98 valence electrons. The molecule has 19 heavy (non-hydrogen) atoms. The highest BCUT2D eigenvalue weighted by molar-refractivity contribution is 5.65. The SMILES string of the molecule is CNc1c(COc2ccccc2)cccc1[N+](=O)[O-]. The second-order valence-electron chi connectivity index (χ2n) is 3.92. The number of nitro benzene ring substituents is 1. The van der Waals surface area contributed by atoms with Crippen molar-refractivity contribution in [1.29, 1.82) is 0 Å². The minimum Gasteiger partial charge on any atom is -0.489 e. The molecule has 0 aromatic heterocycles. The zero-order chi connectivity index (χ0) is 13.7. The molecule has 0 amide bonds. The average Bonchev–Trinajstić information content (AvgIpc) is 2.45. The quantitative estimate of drug-likeness (QED) is 0.660. The van der Waals surface area contributed by atoms with Gasteiger partial charge >= 0.3 is 0 Å². The summed E-state index contributed by atoms with van der Waals surface area (Å²) in [4.78, 5) is 10.5. The van der Waals surface area contributed by atoms with E-state index in [2.05, 4.69) is 5.32 Å². The number of hydrogen-bond donors (Lipinski definition) is 1. The number of nitrogens with one attached hydrogen (secondary N) is 1. The van der Waals surface area contributed by atoms with Gasteiger partial charge in [-0.2, -0.15) is 0 Å². The lowest BCUT2D eigenvalue weighted by Gasteiger charge is -2.10. The molecule has 0 aliphatic rings. The van der Waals surface area contributed by atoms with Gasteiger partial charge in [-0.05, 0) is 12.1 Å². The summed E-state index contributed by atoms with van der Waals surface area (Å²) in [6, 6.07) is 14.3. The third kappa shape index (κ3) is 3.01. The molecule has 5 nitrogen and oxygen atoms in total. The van der Waals surface area contributed by atoms with Crippen LogP contribution >= 0.6 is 0 Å². The molecular formula is C14H14N2O3. The Balaban J connectivity index is 2.21. The molecule has 0 atom stereocenters. The van der Waals surface area contributed by atoms with Crippen LogP contribution in [0.1, 0.15) is 5.56 Å². The number of nitrogens with zero attached hydrogens (tertiary/aromatic N) is 1. The fourth-order valence-electron chi connectivity index (χ4n) is 1.83. The molecule has 0 heterocycles. The van der Waals surface area contributed by atoms with Gasteiger partial charge in [0.2, 0.25) is 0 Å². The van der Waals surface area contributed by atoms with E-state index in [1.54, 1.807) is 13.1 Å². The minimum absolute atomic E-state index is 0.0525. The van der Waals surface area contributed by atoms with Gasteiger partial charge in [-0.1, -0.05) is 30.3 Å². The Morgan fingerprint density at radius 2 is 1.89 bits per heavy atom. The van der Waals surface area contributed by atoms with Crippen LogP contribution in [0.5, 0.6) is 5.75 Å². The molecule has 1 N–H and O–H groups in total. The first kappa shape index (κ1) is 12.9. The fraction of sp³-hybridized carbons (Fsp3) is 0.143. The average molecular weight is 258 g/mol. The van der Waals surface area contributed by atoms with E-state index >= 15 is 0 Å². The maximum atomic E-state index is 10.9. The number of nitro groups is 1. The number of ether oxygens (including phenoxy) is 1. The van der Waals surface area contributed by atoms with Crippen molar-refractivity contribution in [1.82, 2.24) is 0 Å². The van der Waals surface area contributed by atoms with Crippen molar-refractivity contribution >= 4 is 11.4 Å². The van der Waals surface area contributed by atoms with E-state index in [1.807, 2.05) is 36.4 Å². The van der Waals surface area contributed by atoms with E-state index in [0.29, 0.717) is 5.69 Å². The molecule has 2 rings (SSSR count). The molecule has 0 unspecified atom stereocenters. The van der Waals surface area contributed by atoms with Gasteiger partial charge in [-0.25, -0.2) is 0 Å². The van der Waals surface area contributed by atoms with Crippen LogP contribution in [0.15, 0.2) is 48.5 Å². The van der Waals surface area contributed by atoms with Crippen LogP contribution in [-0.4, -0.2) is 12.0 Å². The summed E-state index contributed by atoms with van der Waals surface area (Å²) in [7, 11) is 1.66. The van der Waals surface area contributed by atoms with Crippen LogP contribution < -0.4 is 10.1 Å². The topological polar surface area (TPSA) is 64.4 Å². The minimum atomic E-state index is -0.405. The number of para-hydroxylation sites is 2. The summed E-state index contributed by atoms with van der Waals surface area (Å²) in [5.41, 5.74) is 1.29. The Morgan fingerprint density at radius 3 is 2.53 bits per heavy atom. The van der Waals surface area contributed by atoms with E-state index in [-0.39, 0.29) is 12.3 Å². The van der Waals surface area contributed by atoms with Crippen LogP contribution in [0.2, 0.25) is 0 Å². The van der Waals surface area contributed by atoms with Gasteiger partial charge in [0.1, 0.15) is 18.0 Å². The monoisotopic (exact) mass is 258 g/mol. The molecular weight excluding hydrogens is 244 g/mol. The summed E-state index contributed by atoms with van der Waals surface area (Å²) in [5.74, 6) is 0.732. The Labute approximate surface area is 111 Å². The van der Waals surface area contributed by atoms with Gasteiger partial charge in [-0.3, -0.25) is 10.1 Å². The summed E-state index contributed by atoms with van der Waals surface area (Å²) in [5, 5.41) is 13.8. The highest BCUT2D eigenvalue weighted by Crippen LogP contribution is 2.28. The van der Waals surface area contributed by atoms with Gasteiger partial charge in [0.05, 0.1) is 4.92 Å². The van der Waals surface area contributed by atoms with Gasteiger partial charge in [0, 0.05) is 18.7 Å². The van der Waals surface area contributed by atoms with E-state index in [9.17, 15) is 10.1 Å². The normalized spacial score (nSPS) is 9.95. The number of rotatable bonds is 5. The van der Waals surface area contributed by atoms with Crippen LogP contribution in [0, 0.1) is 10.1 Å². The lowest BCUT2D eigenvalue weighted by atomic mass is 10.1. The van der Waals surface area contributed by atoms with E-state index < -0.39 is 4.92 Å². The van der Waals surface area contributed by atoms with Crippen molar-refractivity contribution in [3.05, 3.63) is 64.2 Å². The summed E-state index contributed by atoms with van der Waals surface area (Å²) < 4.78 is 5.61. The largest absolute Gasteiger partial charge is 0.489 e. The van der Waals surface area contributed by atoms with E-state index in [0.717, 1.165) is 11.3 Å². The molecule has 5 heteroatoms. The van der Waals surface area contributed by atoms with Gasteiger partial charge in [0.15, 0.2) is 0 Å². The van der Waals surface area contributed by atoms with Crippen LogP contribution in [0.25, 0.3) is 0 Å². The molecule has 2 aromatic carbocycles. The first-order valence-corrected chi connectivity index (χ1v) is 5.84. The first-order valence-electron chi connectivity index (χ1n) is 5.84. The maximum absolute atomic E-state index is 10.9. The maximum Gasteiger partial charge on any atom is 0.292 e. The zero-order valence-corrected chi connectivity index (χ0v) is 10.5. The van der Waals surface area contributed by atoms with Gasteiger partial charge < -0.3 is 10.1 Å². The zero-order valence-electron chi connectivity index (χ0n) is 10.5. The molecule has 0 aliphatic heterocycles. The predicted molar refractivity (Wildman–Crippen MR) is 73.4 cm³/mol. The third-order valence-electron chi connectivity index (χ3n) is 2.71. The van der Waals surface area contributed by atoms with Crippen LogP contribution in [0.3, 0.4) is 0 Å². The van der Waals surface area contributed by atoms with E-state index in [4.69, 9.17) is 4.74 Å². The molecule has 0 saturated carbocycles. The van der Waals surface area contributed by atoms with E-state index in [1.165, 1.54) is 6.07 Å². The number of benzene rings is 2. The van der Waals surface area contributed by atoms with Crippen molar-refractivity contribution in [2.24, 2.45) is 0 Å². The molecule has 2 aromatic rings. The fourth-order valence-corrected chi connectivity index (χ4v) is 1.83. The Kier molecular flexibility index (Phi) is 3.97. The molecule has 0 fully saturated rings. The second-order valence-corrected chi connectivity index (χ2v) is 3.92. The lowest BCUT2D eigenvalue weighted by molar-refractivity contribution is -0.384. The van der Waals surface area contributed by atoms with Crippen molar-refractivity contribution in [3.63, 3.8) is 0 Å². The Hall–Kier alpha value is -2.56. The molecule has 0 bridgehead atoms.